The molecule has 0 N–H and O–H groups in total. The van der Waals surface area contributed by atoms with Gasteiger partial charge in [0.1, 0.15) is 0 Å². The number of fused-ring (bicyclic) bond motifs is 18. The lowest BCUT2D eigenvalue weighted by Crippen LogP contribution is -2.64. The summed E-state index contributed by atoms with van der Waals surface area (Å²) in [6, 6.07) is 115. The maximum absolute atomic E-state index is 2.70. The number of nitrogens with zero attached hydrogens (tertiary/aromatic N) is 5. The molecule has 0 atom stereocenters. The molecule has 0 spiro atoms. The van der Waals surface area contributed by atoms with Crippen LogP contribution in [0.5, 0.6) is 0 Å². The van der Waals surface area contributed by atoms with Crippen molar-refractivity contribution >= 4 is 178 Å². The number of hydrogen-bond donors (Lipinski definition) is 0. The van der Waals surface area contributed by atoms with Gasteiger partial charge in [-0.25, -0.2) is 0 Å². The van der Waals surface area contributed by atoms with E-state index in [2.05, 4.69) is 327 Å². The molecule has 0 saturated carbocycles. The van der Waals surface area contributed by atoms with Crippen LogP contribution in [0.4, 0.5) is 68.2 Å². The van der Waals surface area contributed by atoms with Crippen molar-refractivity contribution in [2.24, 2.45) is 0 Å². The molecule has 0 fully saturated rings. The number of benzene rings is 13. The first-order valence-corrected chi connectivity index (χ1v) is 33.5. The highest BCUT2D eigenvalue weighted by Gasteiger charge is 2.51. The second-order valence-corrected chi connectivity index (χ2v) is 27.2. The molecule has 0 bridgehead atoms. The Balaban J connectivity index is 0.912. The molecule has 3 aromatic heterocycles. The third-order valence-corrected chi connectivity index (χ3v) is 22.8. The first kappa shape index (κ1) is 50.7. The van der Waals surface area contributed by atoms with E-state index >= 15 is 0 Å². The molecule has 9 heteroatoms. The van der Waals surface area contributed by atoms with E-state index < -0.39 is 0 Å². The maximum atomic E-state index is 2.70. The van der Waals surface area contributed by atoms with Gasteiger partial charge in [0, 0.05) is 103 Å². The van der Waals surface area contributed by atoms with Crippen molar-refractivity contribution in [3.8, 4) is 16.8 Å². The van der Waals surface area contributed by atoms with Gasteiger partial charge in [0.25, 0.3) is 13.4 Å². The number of para-hydroxylation sites is 6. The second-order valence-electron chi connectivity index (χ2n) is 25.0. The molecule has 5 aliphatic rings. The zero-order valence-electron chi connectivity index (χ0n) is 49.7. The molecular formula is C83H51B2N5S2. The number of hydrogen-bond acceptors (Lipinski definition) is 6. The lowest BCUT2D eigenvalue weighted by atomic mass is 9.32. The van der Waals surface area contributed by atoms with Gasteiger partial charge in [-0.05, 0) is 153 Å². The van der Waals surface area contributed by atoms with Crippen molar-refractivity contribution in [3.63, 3.8) is 0 Å². The summed E-state index contributed by atoms with van der Waals surface area (Å²) in [7, 11) is 0. The Labute approximate surface area is 541 Å². The number of aromatic nitrogens is 1. The summed E-state index contributed by atoms with van der Waals surface area (Å²) in [5.41, 5.74) is 29.4. The van der Waals surface area contributed by atoms with Crippen LogP contribution in [0.1, 0.15) is 22.6 Å². The maximum Gasteiger partial charge on any atom is 0.264 e. The molecular weight excluding hydrogens is 1150 g/mol. The van der Waals surface area contributed by atoms with Crippen LogP contribution in [0.25, 0.3) is 58.8 Å². The predicted molar refractivity (Wildman–Crippen MR) is 392 cm³/mol. The van der Waals surface area contributed by atoms with Crippen LogP contribution >= 0.6 is 22.7 Å². The van der Waals surface area contributed by atoms with Gasteiger partial charge in [-0.1, -0.05) is 200 Å². The molecule has 92 heavy (non-hydrogen) atoms. The highest BCUT2D eigenvalue weighted by molar-refractivity contribution is 7.35. The Kier molecular flexibility index (Phi) is 10.6. The van der Waals surface area contributed by atoms with Gasteiger partial charge in [-0.2, -0.15) is 0 Å². The van der Waals surface area contributed by atoms with E-state index in [0.717, 1.165) is 28.4 Å². The van der Waals surface area contributed by atoms with Crippen LogP contribution < -0.4 is 51.0 Å². The minimum Gasteiger partial charge on any atom is -0.311 e. The van der Waals surface area contributed by atoms with Gasteiger partial charge >= 0.3 is 0 Å². The topological polar surface area (TPSA) is 17.9 Å². The van der Waals surface area contributed by atoms with Crippen molar-refractivity contribution in [3.05, 3.63) is 320 Å². The summed E-state index contributed by atoms with van der Waals surface area (Å²) in [6.07, 6.45) is 0. The van der Waals surface area contributed by atoms with Crippen LogP contribution in [0.2, 0.25) is 0 Å². The second kappa shape index (κ2) is 19.2. The third kappa shape index (κ3) is 6.93. The zero-order chi connectivity index (χ0) is 59.9. The average Bonchev–Trinajstić information content (AvgIpc) is 1.16. The van der Waals surface area contributed by atoms with Gasteiger partial charge < -0.3 is 24.2 Å². The van der Waals surface area contributed by atoms with E-state index in [0.29, 0.717) is 0 Å². The molecule has 426 valence electrons. The van der Waals surface area contributed by atoms with E-state index in [1.54, 1.807) is 0 Å². The Morgan fingerprint density at radius 2 is 0.641 bits per heavy atom. The van der Waals surface area contributed by atoms with Crippen molar-refractivity contribution in [1.29, 1.82) is 0 Å². The fourth-order valence-corrected chi connectivity index (χ4v) is 19.4. The first-order valence-electron chi connectivity index (χ1n) is 31.8. The fraction of sp³-hybridized carbons (Fsp3) is 0.0120. The van der Waals surface area contributed by atoms with Crippen LogP contribution in [0.3, 0.4) is 0 Å². The standard InChI is InChI=1S/C83H51B2N5S2/c1-5-25-52(26-6-1)86-69-50-70-66(49-65(69)84-78-71(86)45-51(77-61-37-15-13-33-57(61)58-34-14-16-38-62(58)77)46-72(78)89(54-29-9-3-10-30-54)80-63-39-19-23-43-75(63)91-82(80)84)85-79-73(87(70)53-27-7-2-8-28-53)47-56(88-67-41-21-17-35-59(67)60-36-18-22-42-68(60)88)48-74(79)90(55-31-11-4-12-32-55)81-64-40-20-24-44-76(64)92-83(81)85/h1-50,77H. The van der Waals surface area contributed by atoms with E-state index in [4.69, 9.17) is 0 Å². The molecule has 16 aromatic rings. The summed E-state index contributed by atoms with van der Waals surface area (Å²) < 4.78 is 7.79. The fourth-order valence-electron chi connectivity index (χ4n) is 16.8. The SMILES string of the molecule is c1ccc(N2c3cc4c(cc3B3c5sc6ccccc6c5N(c5ccccc5)c5cc(C6c7ccccc7-c7ccccc76)cc2c53)B2c3sc5ccccc5c3N(c3ccccc3)c3cc(-n5c6ccccc6c6ccccc65)cc(c32)N4c2ccccc2)cc1. The Morgan fingerprint density at radius 1 is 0.283 bits per heavy atom. The highest BCUT2D eigenvalue weighted by atomic mass is 32.1. The van der Waals surface area contributed by atoms with E-state index in [1.807, 2.05) is 22.7 Å². The normalized spacial score (nSPS) is 13.9. The van der Waals surface area contributed by atoms with Crippen molar-refractivity contribution < 1.29 is 0 Å². The van der Waals surface area contributed by atoms with Gasteiger partial charge in [0.15, 0.2) is 0 Å². The van der Waals surface area contributed by atoms with Gasteiger partial charge in [-0.15, -0.1) is 22.7 Å². The molecule has 4 aliphatic heterocycles. The van der Waals surface area contributed by atoms with Gasteiger partial charge in [0.05, 0.1) is 28.1 Å². The molecule has 0 saturated heterocycles. The monoisotopic (exact) mass is 1200 g/mol. The Bertz CT molecular complexity index is 5680. The molecule has 7 heterocycles. The molecule has 1 aliphatic carbocycles. The molecule has 21 rings (SSSR count). The van der Waals surface area contributed by atoms with Crippen LogP contribution in [0.15, 0.2) is 303 Å². The molecule has 0 unspecified atom stereocenters. The number of rotatable bonds is 6. The summed E-state index contributed by atoms with van der Waals surface area (Å²) >= 11 is 3.93. The van der Waals surface area contributed by atoms with Crippen LogP contribution in [-0.2, 0) is 0 Å². The summed E-state index contributed by atoms with van der Waals surface area (Å²) in [5.74, 6) is 0.00320. The quantitative estimate of drug-likeness (QED) is 0.154. The third-order valence-electron chi connectivity index (χ3n) is 20.3. The van der Waals surface area contributed by atoms with Gasteiger partial charge in [0.2, 0.25) is 0 Å². The Hall–Kier alpha value is -11.1. The van der Waals surface area contributed by atoms with Crippen molar-refractivity contribution in [2.45, 2.75) is 5.92 Å². The van der Waals surface area contributed by atoms with E-state index in [1.165, 1.54) is 147 Å². The summed E-state index contributed by atoms with van der Waals surface area (Å²) in [5, 5.41) is 5.00. The van der Waals surface area contributed by atoms with E-state index in [9.17, 15) is 0 Å². The number of anilines is 12. The summed E-state index contributed by atoms with van der Waals surface area (Å²) in [6.45, 7) is -0.262. The predicted octanol–water partition coefficient (Wildman–Crippen LogP) is 18.5. The molecule has 0 amide bonds. The lowest BCUT2D eigenvalue weighted by molar-refractivity contribution is 1.01. The molecule has 5 nitrogen and oxygen atoms in total. The largest absolute Gasteiger partial charge is 0.311 e. The minimum absolute atomic E-state index is 0.00320. The van der Waals surface area contributed by atoms with Crippen LogP contribution in [-0.4, -0.2) is 18.0 Å². The highest BCUT2D eigenvalue weighted by Crippen LogP contribution is 2.55. The summed E-state index contributed by atoms with van der Waals surface area (Å²) in [4.78, 5) is 10.5. The minimum atomic E-state index is -0.137. The Morgan fingerprint density at radius 3 is 1.11 bits per heavy atom. The molecule has 0 radical (unpaired) electrons. The van der Waals surface area contributed by atoms with Crippen LogP contribution in [0, 0.1) is 0 Å². The van der Waals surface area contributed by atoms with Crippen molar-refractivity contribution in [2.75, 3.05) is 19.6 Å². The molecule has 13 aromatic carbocycles. The zero-order valence-corrected chi connectivity index (χ0v) is 51.3. The lowest BCUT2D eigenvalue weighted by Gasteiger charge is -2.46. The smallest absolute Gasteiger partial charge is 0.264 e. The van der Waals surface area contributed by atoms with Crippen molar-refractivity contribution in [1.82, 2.24) is 4.57 Å². The first-order chi connectivity index (χ1) is 45.7. The van der Waals surface area contributed by atoms with E-state index in [-0.39, 0.29) is 19.3 Å². The van der Waals surface area contributed by atoms with Gasteiger partial charge in [-0.3, -0.25) is 0 Å². The average molecular weight is 1200 g/mol. The number of thiophene rings is 2.